The summed E-state index contributed by atoms with van der Waals surface area (Å²) in [6.45, 7) is 9.00. The molecule has 0 radical (unpaired) electrons. The lowest BCUT2D eigenvalue weighted by Crippen LogP contribution is -2.19. The number of halogens is 1. The first-order chi connectivity index (χ1) is 9.13. The summed E-state index contributed by atoms with van der Waals surface area (Å²) in [7, 11) is 0. The van der Waals surface area contributed by atoms with E-state index in [-0.39, 0.29) is 0 Å². The summed E-state index contributed by atoms with van der Waals surface area (Å²) in [5.41, 5.74) is 1.04. The van der Waals surface area contributed by atoms with Crippen LogP contribution in [0.1, 0.15) is 45.6 Å². The number of unbranched alkanes of at least 4 members (excludes halogenated alkanes) is 2. The van der Waals surface area contributed by atoms with E-state index in [2.05, 4.69) is 31.1 Å². The highest BCUT2D eigenvalue weighted by atomic mass is 35.5. The molecule has 3 nitrogen and oxygen atoms in total. The van der Waals surface area contributed by atoms with E-state index >= 15 is 0 Å². The minimum atomic E-state index is 0.630. The summed E-state index contributed by atoms with van der Waals surface area (Å²) in [6.07, 6.45) is 5.13. The van der Waals surface area contributed by atoms with E-state index in [9.17, 15) is 0 Å². The normalized spacial score (nSPS) is 11.0. The number of nitrogens with zero attached hydrogens (tertiary/aromatic N) is 1. The Morgan fingerprint density at radius 3 is 2.84 bits per heavy atom. The maximum Gasteiger partial charge on any atom is 0.213 e. The standard InChI is InChI=1S/C15H25ClN2O/c1-4-5-6-7-19-15-8-13(14(16)11-18-15)10-17-9-12(2)3/h8,11-12,17H,4-7,9-10H2,1-3H3. The van der Waals surface area contributed by atoms with Crippen LogP contribution in [0.25, 0.3) is 0 Å². The summed E-state index contributed by atoms with van der Waals surface area (Å²) in [5.74, 6) is 1.30. The summed E-state index contributed by atoms with van der Waals surface area (Å²) in [6, 6.07) is 1.93. The Hall–Kier alpha value is -0.800. The molecule has 0 bridgehead atoms. The van der Waals surface area contributed by atoms with Gasteiger partial charge < -0.3 is 10.1 Å². The lowest BCUT2D eigenvalue weighted by Gasteiger charge is -2.10. The molecule has 0 unspecified atom stereocenters. The molecule has 0 aromatic carbocycles. The van der Waals surface area contributed by atoms with E-state index in [1.807, 2.05) is 6.07 Å². The van der Waals surface area contributed by atoms with Crippen molar-refractivity contribution < 1.29 is 4.74 Å². The highest BCUT2D eigenvalue weighted by molar-refractivity contribution is 6.31. The first-order valence-electron chi connectivity index (χ1n) is 7.11. The predicted molar refractivity (Wildman–Crippen MR) is 80.8 cm³/mol. The first kappa shape index (κ1) is 16.3. The quantitative estimate of drug-likeness (QED) is 0.695. The molecule has 108 valence electrons. The molecule has 0 aliphatic heterocycles. The molecular formula is C15H25ClN2O. The zero-order chi connectivity index (χ0) is 14.1. The van der Waals surface area contributed by atoms with Crippen molar-refractivity contribution in [2.45, 2.75) is 46.6 Å². The maximum atomic E-state index is 6.14. The zero-order valence-corrected chi connectivity index (χ0v) is 13.0. The molecule has 0 saturated heterocycles. The third kappa shape index (κ3) is 6.79. The minimum Gasteiger partial charge on any atom is -0.478 e. The molecule has 0 amide bonds. The Balaban J connectivity index is 2.46. The van der Waals surface area contributed by atoms with E-state index in [4.69, 9.17) is 16.3 Å². The van der Waals surface area contributed by atoms with Gasteiger partial charge >= 0.3 is 0 Å². The summed E-state index contributed by atoms with van der Waals surface area (Å²) in [4.78, 5) is 4.20. The molecular weight excluding hydrogens is 260 g/mol. The number of nitrogens with one attached hydrogen (secondary N) is 1. The second-order valence-electron chi connectivity index (χ2n) is 5.19. The molecule has 19 heavy (non-hydrogen) atoms. The molecule has 0 spiro atoms. The van der Waals surface area contributed by atoms with Crippen LogP contribution in [0.3, 0.4) is 0 Å². The monoisotopic (exact) mass is 284 g/mol. The van der Waals surface area contributed by atoms with Crippen molar-refractivity contribution in [3.05, 3.63) is 22.8 Å². The second-order valence-corrected chi connectivity index (χ2v) is 5.60. The lowest BCUT2D eigenvalue weighted by atomic mass is 10.2. The van der Waals surface area contributed by atoms with Gasteiger partial charge in [-0.2, -0.15) is 0 Å². The van der Waals surface area contributed by atoms with Crippen molar-refractivity contribution in [3.8, 4) is 5.88 Å². The smallest absolute Gasteiger partial charge is 0.213 e. The minimum absolute atomic E-state index is 0.630. The van der Waals surface area contributed by atoms with Gasteiger partial charge in [-0.25, -0.2) is 4.98 Å². The Kier molecular flexibility index (Phi) is 7.84. The van der Waals surface area contributed by atoms with Gasteiger partial charge in [-0.3, -0.25) is 0 Å². The molecule has 0 fully saturated rings. The highest BCUT2D eigenvalue weighted by Crippen LogP contribution is 2.19. The lowest BCUT2D eigenvalue weighted by molar-refractivity contribution is 0.294. The van der Waals surface area contributed by atoms with Crippen LogP contribution in [0.4, 0.5) is 0 Å². The fourth-order valence-corrected chi connectivity index (χ4v) is 1.87. The van der Waals surface area contributed by atoms with Gasteiger partial charge in [-0.15, -0.1) is 0 Å². The molecule has 0 atom stereocenters. The van der Waals surface area contributed by atoms with Crippen molar-refractivity contribution in [3.63, 3.8) is 0 Å². The van der Waals surface area contributed by atoms with Crippen molar-refractivity contribution >= 4 is 11.6 Å². The SMILES string of the molecule is CCCCCOc1cc(CNCC(C)C)c(Cl)cn1. The van der Waals surface area contributed by atoms with Gasteiger partial charge in [0.1, 0.15) is 0 Å². The van der Waals surface area contributed by atoms with Crippen LogP contribution < -0.4 is 10.1 Å². The Morgan fingerprint density at radius 1 is 1.37 bits per heavy atom. The van der Waals surface area contributed by atoms with Crippen LogP contribution in [-0.4, -0.2) is 18.1 Å². The third-order valence-corrected chi connectivity index (χ3v) is 3.12. The van der Waals surface area contributed by atoms with Crippen LogP contribution >= 0.6 is 11.6 Å². The highest BCUT2D eigenvalue weighted by Gasteiger charge is 2.04. The third-order valence-electron chi connectivity index (χ3n) is 2.78. The molecule has 1 aromatic rings. The van der Waals surface area contributed by atoms with E-state index in [1.165, 1.54) is 12.8 Å². The summed E-state index contributed by atoms with van der Waals surface area (Å²) >= 11 is 6.14. The topological polar surface area (TPSA) is 34.1 Å². The summed E-state index contributed by atoms with van der Waals surface area (Å²) in [5, 5.41) is 4.07. The molecule has 0 aliphatic carbocycles. The number of rotatable bonds is 9. The van der Waals surface area contributed by atoms with Crippen molar-refractivity contribution in [1.82, 2.24) is 10.3 Å². The summed E-state index contributed by atoms with van der Waals surface area (Å²) < 4.78 is 5.63. The fourth-order valence-electron chi connectivity index (χ4n) is 1.70. The zero-order valence-electron chi connectivity index (χ0n) is 12.2. The van der Waals surface area contributed by atoms with Crippen molar-refractivity contribution in [2.75, 3.05) is 13.2 Å². The van der Waals surface area contributed by atoms with Gasteiger partial charge in [0.15, 0.2) is 0 Å². The Labute approximate surface area is 121 Å². The first-order valence-corrected chi connectivity index (χ1v) is 7.49. The predicted octanol–water partition coefficient (Wildman–Crippen LogP) is 4.05. The number of hydrogen-bond donors (Lipinski definition) is 1. The van der Waals surface area contributed by atoms with Gasteiger partial charge in [0.25, 0.3) is 0 Å². The van der Waals surface area contributed by atoms with Gasteiger partial charge in [-0.05, 0) is 24.4 Å². The Morgan fingerprint density at radius 2 is 2.16 bits per heavy atom. The van der Waals surface area contributed by atoms with Crippen LogP contribution in [0.5, 0.6) is 5.88 Å². The van der Waals surface area contributed by atoms with Gasteiger partial charge in [-0.1, -0.05) is 45.2 Å². The average molecular weight is 285 g/mol. The Bertz CT molecular complexity index is 369. The fraction of sp³-hybridized carbons (Fsp3) is 0.667. The molecule has 0 saturated carbocycles. The number of pyridine rings is 1. The number of ether oxygens (including phenoxy) is 1. The van der Waals surface area contributed by atoms with Crippen molar-refractivity contribution in [2.24, 2.45) is 5.92 Å². The van der Waals surface area contributed by atoms with E-state index in [0.29, 0.717) is 16.8 Å². The maximum absolute atomic E-state index is 6.14. The van der Waals surface area contributed by atoms with E-state index in [0.717, 1.165) is 31.7 Å². The van der Waals surface area contributed by atoms with Crippen LogP contribution in [-0.2, 0) is 6.54 Å². The van der Waals surface area contributed by atoms with Crippen LogP contribution in [0.2, 0.25) is 5.02 Å². The average Bonchev–Trinajstić information content (AvgIpc) is 2.37. The molecule has 0 aliphatic rings. The van der Waals surface area contributed by atoms with Gasteiger partial charge in [0.2, 0.25) is 5.88 Å². The van der Waals surface area contributed by atoms with E-state index < -0.39 is 0 Å². The number of hydrogen-bond acceptors (Lipinski definition) is 3. The van der Waals surface area contributed by atoms with E-state index in [1.54, 1.807) is 6.20 Å². The van der Waals surface area contributed by atoms with Crippen LogP contribution in [0.15, 0.2) is 12.3 Å². The van der Waals surface area contributed by atoms with Crippen molar-refractivity contribution in [1.29, 1.82) is 0 Å². The number of aromatic nitrogens is 1. The molecule has 1 heterocycles. The largest absolute Gasteiger partial charge is 0.478 e. The van der Waals surface area contributed by atoms with Gasteiger partial charge in [0.05, 0.1) is 11.6 Å². The second kappa shape index (κ2) is 9.16. The van der Waals surface area contributed by atoms with Gasteiger partial charge in [0, 0.05) is 18.8 Å². The molecule has 4 heteroatoms. The van der Waals surface area contributed by atoms with Crippen LogP contribution in [0, 0.1) is 5.92 Å². The molecule has 1 aromatic heterocycles. The molecule has 1 N–H and O–H groups in total. The molecule has 1 rings (SSSR count).